The van der Waals surface area contributed by atoms with Gasteiger partial charge in [-0.1, -0.05) is 109 Å². The summed E-state index contributed by atoms with van der Waals surface area (Å²) in [5, 5.41) is 2.14. The summed E-state index contributed by atoms with van der Waals surface area (Å²) in [5.41, 5.74) is 10.3. The smallest absolute Gasteiger partial charge is 0.164 e. The molecular formula is C43H27N5O. The van der Waals surface area contributed by atoms with Crippen molar-refractivity contribution < 1.29 is 4.42 Å². The summed E-state index contributed by atoms with van der Waals surface area (Å²) in [4.78, 5) is 24.0. The number of aromatic nitrogens is 5. The maximum Gasteiger partial charge on any atom is 0.164 e. The Bertz CT molecular complexity index is 2530. The number of hydrogen-bond acceptors (Lipinski definition) is 6. The summed E-state index contributed by atoms with van der Waals surface area (Å²) in [6, 6.07) is 49.1. The van der Waals surface area contributed by atoms with Crippen molar-refractivity contribution in [1.82, 2.24) is 24.9 Å². The molecule has 230 valence electrons. The molecule has 4 heterocycles. The molecule has 6 nitrogen and oxygen atoms in total. The van der Waals surface area contributed by atoms with Gasteiger partial charge in [-0.05, 0) is 53.1 Å². The minimum atomic E-state index is 0.595. The lowest BCUT2D eigenvalue weighted by atomic mass is 9.95. The molecule has 5 aromatic carbocycles. The SMILES string of the molecule is c1ccc(-c2nc(-c3ccccc3)nc(-c3cc(-c4ccc(-c5nccc6c5oc5ccccc56)cc4)cc(-c4cccnc4)c3)n2)cc1. The molecule has 0 bridgehead atoms. The lowest BCUT2D eigenvalue weighted by molar-refractivity contribution is 0.668. The molecule has 0 aliphatic heterocycles. The molecule has 0 aliphatic rings. The van der Waals surface area contributed by atoms with Gasteiger partial charge in [-0.2, -0.15) is 0 Å². The molecule has 0 saturated carbocycles. The third kappa shape index (κ3) is 5.41. The van der Waals surface area contributed by atoms with Crippen LogP contribution in [0.1, 0.15) is 0 Å². The van der Waals surface area contributed by atoms with Gasteiger partial charge < -0.3 is 4.42 Å². The van der Waals surface area contributed by atoms with Gasteiger partial charge in [0.05, 0.1) is 0 Å². The highest BCUT2D eigenvalue weighted by atomic mass is 16.3. The second kappa shape index (κ2) is 12.1. The van der Waals surface area contributed by atoms with E-state index in [9.17, 15) is 0 Å². The number of hydrogen-bond donors (Lipinski definition) is 0. The van der Waals surface area contributed by atoms with E-state index in [0.29, 0.717) is 17.5 Å². The van der Waals surface area contributed by atoms with E-state index in [0.717, 1.165) is 72.1 Å². The fraction of sp³-hybridized carbons (Fsp3) is 0. The van der Waals surface area contributed by atoms with Crippen LogP contribution < -0.4 is 0 Å². The highest BCUT2D eigenvalue weighted by Gasteiger charge is 2.16. The number of nitrogens with zero attached hydrogens (tertiary/aromatic N) is 5. The van der Waals surface area contributed by atoms with Crippen LogP contribution >= 0.6 is 0 Å². The highest BCUT2D eigenvalue weighted by Crippen LogP contribution is 2.37. The van der Waals surface area contributed by atoms with E-state index in [4.69, 9.17) is 24.4 Å². The van der Waals surface area contributed by atoms with Gasteiger partial charge in [-0.3, -0.25) is 9.97 Å². The van der Waals surface area contributed by atoms with Crippen LogP contribution in [0.3, 0.4) is 0 Å². The normalized spacial score (nSPS) is 11.3. The van der Waals surface area contributed by atoms with Crippen LogP contribution in [0.15, 0.2) is 169 Å². The Balaban J connectivity index is 1.18. The van der Waals surface area contributed by atoms with Gasteiger partial charge >= 0.3 is 0 Å². The van der Waals surface area contributed by atoms with Gasteiger partial charge in [0, 0.05) is 57.2 Å². The first-order valence-corrected chi connectivity index (χ1v) is 16.1. The van der Waals surface area contributed by atoms with Gasteiger partial charge in [0.1, 0.15) is 11.3 Å². The second-order valence-corrected chi connectivity index (χ2v) is 11.8. The number of benzene rings is 5. The zero-order valence-electron chi connectivity index (χ0n) is 26.2. The fourth-order valence-corrected chi connectivity index (χ4v) is 6.24. The molecule has 0 unspecified atom stereocenters. The molecule has 0 saturated heterocycles. The Morgan fingerprint density at radius 2 is 0.959 bits per heavy atom. The summed E-state index contributed by atoms with van der Waals surface area (Å²) in [7, 11) is 0. The minimum absolute atomic E-state index is 0.595. The Kier molecular flexibility index (Phi) is 7.02. The van der Waals surface area contributed by atoms with Crippen molar-refractivity contribution in [3.05, 3.63) is 164 Å². The van der Waals surface area contributed by atoms with Gasteiger partial charge in [0.15, 0.2) is 23.1 Å². The molecule has 0 aliphatic carbocycles. The van der Waals surface area contributed by atoms with Crippen LogP contribution in [0.25, 0.3) is 89.6 Å². The van der Waals surface area contributed by atoms with Crippen LogP contribution in [0, 0.1) is 0 Å². The lowest BCUT2D eigenvalue weighted by Crippen LogP contribution is -2.00. The van der Waals surface area contributed by atoms with Crippen molar-refractivity contribution in [2.75, 3.05) is 0 Å². The average Bonchev–Trinajstić information content (AvgIpc) is 3.58. The monoisotopic (exact) mass is 629 g/mol. The summed E-state index contributed by atoms with van der Waals surface area (Å²) >= 11 is 0. The molecule has 0 fully saturated rings. The topological polar surface area (TPSA) is 77.6 Å². The minimum Gasteiger partial charge on any atom is -0.454 e. The van der Waals surface area contributed by atoms with Crippen molar-refractivity contribution in [3.8, 4) is 67.7 Å². The van der Waals surface area contributed by atoms with Crippen molar-refractivity contribution in [2.24, 2.45) is 0 Å². The van der Waals surface area contributed by atoms with E-state index >= 15 is 0 Å². The van der Waals surface area contributed by atoms with Crippen LogP contribution in [0.4, 0.5) is 0 Å². The van der Waals surface area contributed by atoms with Gasteiger partial charge in [-0.25, -0.2) is 15.0 Å². The van der Waals surface area contributed by atoms with E-state index < -0.39 is 0 Å². The van der Waals surface area contributed by atoms with E-state index in [2.05, 4.69) is 59.6 Å². The zero-order chi connectivity index (χ0) is 32.6. The molecule has 0 N–H and O–H groups in total. The Labute approximate surface area is 282 Å². The molecule has 9 aromatic rings. The largest absolute Gasteiger partial charge is 0.454 e. The number of fused-ring (bicyclic) bond motifs is 3. The number of rotatable bonds is 6. The molecule has 0 amide bonds. The summed E-state index contributed by atoms with van der Waals surface area (Å²) < 4.78 is 6.28. The molecule has 4 aromatic heterocycles. The van der Waals surface area contributed by atoms with Gasteiger partial charge in [0.2, 0.25) is 0 Å². The molecule has 0 radical (unpaired) electrons. The van der Waals surface area contributed by atoms with Gasteiger partial charge in [0.25, 0.3) is 0 Å². The van der Waals surface area contributed by atoms with E-state index in [-0.39, 0.29) is 0 Å². The Morgan fingerprint density at radius 3 is 1.63 bits per heavy atom. The van der Waals surface area contributed by atoms with E-state index in [1.54, 1.807) is 6.20 Å². The number of furan rings is 1. The van der Waals surface area contributed by atoms with E-state index in [1.807, 2.05) is 103 Å². The van der Waals surface area contributed by atoms with Crippen LogP contribution in [-0.2, 0) is 0 Å². The quantitative estimate of drug-likeness (QED) is 0.182. The molecule has 49 heavy (non-hydrogen) atoms. The standard InChI is InChI=1S/C43H27N5O/c1-3-10-30(11-4-1)41-46-42(31-12-5-2-6-13-31)48-43(47-41)35-25-33(24-34(26-35)32-14-9-22-44-27-32)28-17-19-29(20-18-28)39-40-37(21-23-45-39)36-15-7-8-16-38(36)49-40/h1-27H. The highest BCUT2D eigenvalue weighted by molar-refractivity contribution is 6.08. The van der Waals surface area contributed by atoms with Crippen LogP contribution in [0.2, 0.25) is 0 Å². The van der Waals surface area contributed by atoms with E-state index in [1.165, 1.54) is 0 Å². The third-order valence-corrected chi connectivity index (χ3v) is 8.67. The summed E-state index contributed by atoms with van der Waals surface area (Å²) in [5.74, 6) is 1.83. The van der Waals surface area contributed by atoms with Crippen LogP contribution in [0.5, 0.6) is 0 Å². The second-order valence-electron chi connectivity index (χ2n) is 11.8. The molecule has 0 atom stereocenters. The summed E-state index contributed by atoms with van der Waals surface area (Å²) in [6.45, 7) is 0. The number of pyridine rings is 2. The van der Waals surface area contributed by atoms with Gasteiger partial charge in [-0.15, -0.1) is 0 Å². The molecule has 0 spiro atoms. The Hall–Kier alpha value is -6.79. The summed E-state index contributed by atoms with van der Waals surface area (Å²) in [6.07, 6.45) is 5.51. The maximum absolute atomic E-state index is 6.28. The van der Waals surface area contributed by atoms with Crippen molar-refractivity contribution in [1.29, 1.82) is 0 Å². The first-order chi connectivity index (χ1) is 24.3. The zero-order valence-corrected chi connectivity index (χ0v) is 26.2. The first-order valence-electron chi connectivity index (χ1n) is 16.1. The fourth-order valence-electron chi connectivity index (χ4n) is 6.24. The predicted octanol–water partition coefficient (Wildman–Crippen LogP) is 10.6. The Morgan fingerprint density at radius 1 is 0.388 bits per heavy atom. The third-order valence-electron chi connectivity index (χ3n) is 8.67. The van der Waals surface area contributed by atoms with Crippen molar-refractivity contribution in [3.63, 3.8) is 0 Å². The first kappa shape index (κ1) is 28.4. The molecule has 6 heteroatoms. The van der Waals surface area contributed by atoms with Crippen molar-refractivity contribution in [2.45, 2.75) is 0 Å². The predicted molar refractivity (Wildman–Crippen MR) is 195 cm³/mol. The molecular weight excluding hydrogens is 603 g/mol. The average molecular weight is 630 g/mol. The number of para-hydroxylation sites is 1. The maximum atomic E-state index is 6.28. The van der Waals surface area contributed by atoms with Crippen LogP contribution in [-0.4, -0.2) is 24.9 Å². The van der Waals surface area contributed by atoms with Crippen molar-refractivity contribution >= 4 is 21.9 Å². The lowest BCUT2D eigenvalue weighted by Gasteiger charge is -2.12. The molecule has 9 rings (SSSR count).